The van der Waals surface area contributed by atoms with Crippen LogP contribution in [0.5, 0.6) is 5.75 Å². The van der Waals surface area contributed by atoms with Gasteiger partial charge in [0.15, 0.2) is 6.10 Å². The van der Waals surface area contributed by atoms with Crippen LogP contribution in [0, 0.1) is 0 Å². The van der Waals surface area contributed by atoms with Gasteiger partial charge in [-0.2, -0.15) is 12.6 Å². The summed E-state index contributed by atoms with van der Waals surface area (Å²) in [5, 5.41) is 97.6. The van der Waals surface area contributed by atoms with Crippen molar-refractivity contribution in [1.29, 1.82) is 0 Å². The van der Waals surface area contributed by atoms with Crippen LogP contribution in [0.25, 0.3) is 0 Å². The number of nitrogens with zero attached hydrogens (tertiary/aromatic N) is 1. The fourth-order valence-electron chi connectivity index (χ4n) is 3.32. The standard InChI is InChI=1S/C23H39NO12S/c25-10-14(27)7-18(30)21(33)22(34)23(35)24(5-6-36-15-3-1-13(12-37)2-4-15)9-19(31)16(28)8-17(29)20(32)11-26/h1-4,14,16-22,25-34,37H,5-12H2/t14-,16-,17-,18+,19-,20+,21-,22+/m0/s1. The highest BCUT2D eigenvalue weighted by Gasteiger charge is 2.35. The molecule has 0 aliphatic rings. The predicted octanol–water partition coefficient (Wildman–Crippen LogP) is -4.02. The summed E-state index contributed by atoms with van der Waals surface area (Å²) in [6, 6.07) is 6.90. The van der Waals surface area contributed by atoms with Gasteiger partial charge in [0, 0.05) is 25.1 Å². The molecule has 0 saturated carbocycles. The number of benzene rings is 1. The van der Waals surface area contributed by atoms with E-state index in [0.29, 0.717) is 11.5 Å². The Labute approximate surface area is 220 Å². The first-order chi connectivity index (χ1) is 17.4. The van der Waals surface area contributed by atoms with E-state index < -0.39 is 87.3 Å². The number of hydrogen-bond donors (Lipinski definition) is 11. The van der Waals surface area contributed by atoms with Crippen molar-refractivity contribution in [2.75, 3.05) is 32.9 Å². The minimum Gasteiger partial charge on any atom is -0.492 e. The zero-order chi connectivity index (χ0) is 28.1. The molecule has 0 saturated heterocycles. The van der Waals surface area contributed by atoms with Crippen molar-refractivity contribution in [3.63, 3.8) is 0 Å². The summed E-state index contributed by atoms with van der Waals surface area (Å²) in [5.74, 6) is -0.163. The fourth-order valence-corrected chi connectivity index (χ4v) is 3.53. The van der Waals surface area contributed by atoms with Crippen molar-refractivity contribution in [1.82, 2.24) is 4.90 Å². The van der Waals surface area contributed by atoms with Gasteiger partial charge in [-0.3, -0.25) is 4.79 Å². The van der Waals surface area contributed by atoms with E-state index in [2.05, 4.69) is 12.6 Å². The molecule has 0 aliphatic carbocycles. The lowest BCUT2D eigenvalue weighted by Crippen LogP contribution is -2.53. The molecule has 0 bridgehead atoms. The molecule has 0 radical (unpaired) electrons. The summed E-state index contributed by atoms with van der Waals surface area (Å²) in [4.78, 5) is 13.8. The molecule has 1 rings (SSSR count). The fraction of sp³-hybridized carbons (Fsp3) is 0.696. The van der Waals surface area contributed by atoms with Crippen LogP contribution in [0.3, 0.4) is 0 Å². The average molecular weight is 554 g/mol. The Morgan fingerprint density at radius 2 is 1.41 bits per heavy atom. The monoisotopic (exact) mass is 553 g/mol. The normalized spacial score (nSPS) is 18.2. The van der Waals surface area contributed by atoms with Gasteiger partial charge in [-0.15, -0.1) is 0 Å². The number of aliphatic hydroxyl groups excluding tert-OH is 10. The van der Waals surface area contributed by atoms with Crippen LogP contribution in [0.2, 0.25) is 0 Å². The molecular weight excluding hydrogens is 514 g/mol. The molecule has 1 amide bonds. The third-order valence-corrected chi connectivity index (χ3v) is 6.07. The number of ether oxygens (including phenoxy) is 1. The molecule has 14 heteroatoms. The predicted molar refractivity (Wildman–Crippen MR) is 133 cm³/mol. The number of thiol groups is 1. The number of carbonyl (C=O) groups excluding carboxylic acids is 1. The Bertz CT molecular complexity index is 773. The molecule has 214 valence electrons. The highest BCUT2D eigenvalue weighted by Crippen LogP contribution is 2.15. The van der Waals surface area contributed by atoms with Crippen LogP contribution >= 0.6 is 12.6 Å². The second kappa shape index (κ2) is 17.1. The summed E-state index contributed by atoms with van der Waals surface area (Å²) >= 11 is 4.16. The van der Waals surface area contributed by atoms with E-state index >= 15 is 0 Å². The lowest BCUT2D eigenvalue weighted by molar-refractivity contribution is -0.156. The molecule has 0 heterocycles. The number of carbonyl (C=O) groups is 1. The minimum atomic E-state index is -2.19. The zero-order valence-corrected chi connectivity index (χ0v) is 21.2. The van der Waals surface area contributed by atoms with Gasteiger partial charge in [0.1, 0.15) is 24.6 Å². The number of rotatable bonds is 18. The van der Waals surface area contributed by atoms with Crippen LogP contribution in [-0.4, -0.2) is 144 Å². The lowest BCUT2D eigenvalue weighted by Gasteiger charge is -2.32. The highest BCUT2D eigenvalue weighted by atomic mass is 32.1. The first-order valence-corrected chi connectivity index (χ1v) is 12.4. The van der Waals surface area contributed by atoms with Crippen molar-refractivity contribution in [2.24, 2.45) is 0 Å². The Balaban J connectivity index is 2.92. The third kappa shape index (κ3) is 11.4. The van der Waals surface area contributed by atoms with Gasteiger partial charge in [0.2, 0.25) is 0 Å². The van der Waals surface area contributed by atoms with Crippen LogP contribution in [-0.2, 0) is 10.5 Å². The SMILES string of the molecule is O=C([C@H](O)[C@@H](O)[C@H](O)C[C@H](O)CO)N(CCOc1ccc(CS)cc1)C[C@H](O)[C@@H](O)C[C@H](O)[C@H](O)CO. The highest BCUT2D eigenvalue weighted by molar-refractivity contribution is 7.79. The summed E-state index contributed by atoms with van der Waals surface area (Å²) in [5.41, 5.74) is 0.945. The summed E-state index contributed by atoms with van der Waals surface area (Å²) in [6.07, 6.45) is -14.9. The van der Waals surface area contributed by atoms with Gasteiger partial charge in [-0.1, -0.05) is 12.1 Å². The van der Waals surface area contributed by atoms with Crippen LogP contribution in [0.4, 0.5) is 0 Å². The second-order valence-electron chi connectivity index (χ2n) is 8.70. The number of aliphatic hydroxyl groups is 10. The van der Waals surface area contributed by atoms with Gasteiger partial charge >= 0.3 is 0 Å². The Morgan fingerprint density at radius 3 is 1.95 bits per heavy atom. The summed E-state index contributed by atoms with van der Waals surface area (Å²) < 4.78 is 5.58. The van der Waals surface area contributed by atoms with E-state index in [9.17, 15) is 45.6 Å². The van der Waals surface area contributed by atoms with Crippen molar-refractivity contribution in [2.45, 2.75) is 67.4 Å². The lowest BCUT2D eigenvalue weighted by atomic mass is 10.0. The molecule has 0 aromatic heterocycles. The number of amides is 1. The minimum absolute atomic E-state index is 0.130. The van der Waals surface area contributed by atoms with Crippen molar-refractivity contribution in [3.05, 3.63) is 29.8 Å². The summed E-state index contributed by atoms with van der Waals surface area (Å²) in [6.45, 7) is -2.46. The van der Waals surface area contributed by atoms with E-state index in [-0.39, 0.29) is 13.2 Å². The smallest absolute Gasteiger partial charge is 0.254 e. The maximum absolute atomic E-state index is 12.9. The number of hydrogen-bond acceptors (Lipinski definition) is 13. The Kier molecular flexibility index (Phi) is 15.5. The molecule has 0 aliphatic heterocycles. The van der Waals surface area contributed by atoms with Crippen LogP contribution in [0.1, 0.15) is 18.4 Å². The molecule has 0 spiro atoms. The Hall–Kier alpha value is -1.56. The van der Waals surface area contributed by atoms with Crippen molar-refractivity contribution in [3.8, 4) is 5.75 Å². The topological polar surface area (TPSA) is 232 Å². The molecule has 37 heavy (non-hydrogen) atoms. The van der Waals surface area contributed by atoms with E-state index in [1.807, 2.05) is 0 Å². The van der Waals surface area contributed by atoms with Gasteiger partial charge in [-0.05, 0) is 17.7 Å². The first kappa shape index (κ1) is 33.5. The zero-order valence-electron chi connectivity index (χ0n) is 20.3. The summed E-state index contributed by atoms with van der Waals surface area (Å²) in [7, 11) is 0. The third-order valence-electron chi connectivity index (χ3n) is 5.71. The van der Waals surface area contributed by atoms with Gasteiger partial charge < -0.3 is 60.7 Å². The second-order valence-corrected chi connectivity index (χ2v) is 9.01. The van der Waals surface area contributed by atoms with E-state index in [1.165, 1.54) is 0 Å². The molecule has 10 N–H and O–H groups in total. The van der Waals surface area contributed by atoms with Gasteiger partial charge in [0.25, 0.3) is 5.91 Å². The van der Waals surface area contributed by atoms with Crippen LogP contribution < -0.4 is 4.74 Å². The molecule has 0 fully saturated rings. The molecule has 8 atom stereocenters. The molecule has 0 unspecified atom stereocenters. The van der Waals surface area contributed by atoms with Crippen LogP contribution in [0.15, 0.2) is 24.3 Å². The Morgan fingerprint density at radius 1 is 0.811 bits per heavy atom. The molecule has 13 nitrogen and oxygen atoms in total. The molecule has 1 aromatic carbocycles. The quantitative estimate of drug-likeness (QED) is 0.0781. The first-order valence-electron chi connectivity index (χ1n) is 11.7. The van der Waals surface area contributed by atoms with E-state index in [0.717, 1.165) is 10.5 Å². The van der Waals surface area contributed by atoms with Gasteiger partial charge in [0.05, 0.1) is 50.3 Å². The van der Waals surface area contributed by atoms with Crippen molar-refractivity contribution < 1.29 is 60.6 Å². The molecule has 1 aromatic rings. The van der Waals surface area contributed by atoms with E-state index in [4.69, 9.17) is 14.9 Å². The maximum Gasteiger partial charge on any atom is 0.254 e. The molecular formula is C23H39NO12S. The van der Waals surface area contributed by atoms with E-state index in [1.54, 1.807) is 24.3 Å². The largest absolute Gasteiger partial charge is 0.492 e. The van der Waals surface area contributed by atoms with Crippen molar-refractivity contribution >= 4 is 18.5 Å². The average Bonchev–Trinajstić information content (AvgIpc) is 2.90. The van der Waals surface area contributed by atoms with Gasteiger partial charge in [-0.25, -0.2) is 0 Å². The maximum atomic E-state index is 12.9.